The predicted molar refractivity (Wildman–Crippen MR) is 271 cm³/mol. The maximum atomic E-state index is 15.6. The number of nitrogens with two attached hydrogens (primary N) is 4. The molecule has 2 aliphatic rings. The summed E-state index contributed by atoms with van der Waals surface area (Å²) in [6.07, 6.45) is 4.61. The molecular formula is C48H48F6N16O6. The number of piperazine rings is 2. The summed E-state index contributed by atoms with van der Waals surface area (Å²) in [5, 5.41) is 18.4. The molecule has 2 aliphatic heterocycles. The van der Waals surface area contributed by atoms with Gasteiger partial charge in [-0.1, -0.05) is 12.8 Å². The third-order valence-electron chi connectivity index (χ3n) is 12.5. The van der Waals surface area contributed by atoms with Crippen molar-refractivity contribution in [2.75, 3.05) is 75.2 Å². The average Bonchev–Trinajstić information content (AvgIpc) is 3.41. The second-order valence-corrected chi connectivity index (χ2v) is 17.4. The van der Waals surface area contributed by atoms with Crippen LogP contribution in [0.15, 0.2) is 90.5 Å². The lowest BCUT2D eigenvalue weighted by atomic mass is 10.1. The minimum atomic E-state index is -1.63. The van der Waals surface area contributed by atoms with Crippen LogP contribution in [0.25, 0.3) is 33.4 Å². The number of unbranched alkanes of at least 4 members (excludes halogenated alkanes) is 3. The zero-order valence-electron chi connectivity index (χ0n) is 40.1. The maximum Gasteiger partial charge on any atom is 0.341 e. The van der Waals surface area contributed by atoms with Crippen LogP contribution in [0.2, 0.25) is 0 Å². The lowest BCUT2D eigenvalue weighted by Gasteiger charge is -2.36. The molecule has 0 radical (unpaired) electrons. The number of aliphatic imine (C=N–C) groups is 4. The molecule has 0 bridgehead atoms. The number of hydrogen-bond donors (Lipinski definition) is 6. The number of nitrogens with zero attached hydrogens (tertiary/aromatic N) is 12. The number of halogens is 6. The first-order chi connectivity index (χ1) is 36.3. The molecule has 0 aliphatic carbocycles. The van der Waals surface area contributed by atoms with Crippen LogP contribution in [0.3, 0.4) is 0 Å². The van der Waals surface area contributed by atoms with Crippen LogP contribution in [0.1, 0.15) is 46.4 Å². The molecule has 0 amide bonds. The highest BCUT2D eigenvalue weighted by Gasteiger charge is 2.28. The van der Waals surface area contributed by atoms with Gasteiger partial charge in [-0.3, -0.25) is 28.7 Å². The average molecular weight is 1060 g/mol. The van der Waals surface area contributed by atoms with E-state index in [1.807, 2.05) is 0 Å². The summed E-state index contributed by atoms with van der Waals surface area (Å²) in [6.45, 7) is 2.41. The summed E-state index contributed by atoms with van der Waals surface area (Å²) in [6, 6.07) is 6.83. The molecule has 10 N–H and O–H groups in total. The van der Waals surface area contributed by atoms with E-state index in [4.69, 9.17) is 22.9 Å². The Bertz CT molecular complexity index is 3290. The molecule has 0 unspecified atom stereocenters. The zero-order valence-corrected chi connectivity index (χ0v) is 40.1. The van der Waals surface area contributed by atoms with E-state index >= 15 is 8.78 Å². The first-order valence-electron chi connectivity index (χ1n) is 23.5. The van der Waals surface area contributed by atoms with Crippen LogP contribution >= 0.6 is 0 Å². The van der Waals surface area contributed by atoms with Gasteiger partial charge >= 0.3 is 11.9 Å². The third kappa shape index (κ3) is 11.4. The summed E-state index contributed by atoms with van der Waals surface area (Å²) in [7, 11) is 0. The Morgan fingerprint density at radius 3 is 1.24 bits per heavy atom. The normalized spacial score (nSPS) is 15.1. The van der Waals surface area contributed by atoms with Crippen molar-refractivity contribution in [3.05, 3.63) is 127 Å². The molecule has 0 spiro atoms. The number of hydrogen-bond acceptors (Lipinski definition) is 10. The molecule has 76 heavy (non-hydrogen) atoms. The highest BCUT2D eigenvalue weighted by atomic mass is 19.2. The van der Waals surface area contributed by atoms with E-state index in [9.17, 15) is 47.0 Å². The van der Waals surface area contributed by atoms with Gasteiger partial charge in [-0.15, -0.1) is 0 Å². The van der Waals surface area contributed by atoms with E-state index < -0.39 is 79.6 Å². The third-order valence-corrected chi connectivity index (χ3v) is 12.5. The molecular weight excluding hydrogens is 1010 g/mol. The van der Waals surface area contributed by atoms with Gasteiger partial charge in [0, 0.05) is 90.0 Å². The molecule has 398 valence electrons. The van der Waals surface area contributed by atoms with E-state index in [0.717, 1.165) is 70.8 Å². The fourth-order valence-electron chi connectivity index (χ4n) is 8.60. The van der Waals surface area contributed by atoms with Crippen molar-refractivity contribution in [3.8, 4) is 11.4 Å². The Balaban J connectivity index is 0.787. The minimum absolute atomic E-state index is 0.0498. The molecule has 22 nitrogen and oxygen atoms in total. The van der Waals surface area contributed by atoms with Crippen LogP contribution in [-0.4, -0.2) is 140 Å². The molecule has 8 rings (SSSR count). The lowest BCUT2D eigenvalue weighted by molar-refractivity contribution is 0.0684. The number of aromatic nitrogens is 4. The van der Waals surface area contributed by atoms with E-state index in [1.54, 1.807) is 19.6 Å². The molecule has 0 saturated carbocycles. The Labute approximate surface area is 426 Å². The van der Waals surface area contributed by atoms with Gasteiger partial charge in [-0.25, -0.2) is 45.9 Å². The summed E-state index contributed by atoms with van der Waals surface area (Å²) in [5.41, 5.74) is 19.9. The number of carbonyl (C=O) groups is 2. The number of fused-ring (bicyclic) bond motifs is 2. The van der Waals surface area contributed by atoms with Gasteiger partial charge in [0.05, 0.1) is 22.1 Å². The van der Waals surface area contributed by atoms with Crippen LogP contribution in [-0.2, 0) is 0 Å². The van der Waals surface area contributed by atoms with Crippen LogP contribution in [0.5, 0.6) is 0 Å². The SMILES string of the molecule is NC(=NCCCCCCN=C(N)/N=C(\N)N1CCN(c2nc3c(cc2F)c(=O)c(C(=O)O)cn3-c2ccc(F)cc2F)CC1)/N=C(\N)N1CCN(c2nc3c(cc2F)c(=O)c(C(=O)O)cn3-c2ccc(F)cc2F)CC1. The monoisotopic (exact) mass is 1060 g/mol. The number of carboxylic acids is 2. The zero-order chi connectivity index (χ0) is 54.5. The van der Waals surface area contributed by atoms with Gasteiger partial charge in [-0.05, 0) is 49.2 Å². The highest BCUT2D eigenvalue weighted by molar-refractivity contribution is 5.95. The smallest absolute Gasteiger partial charge is 0.341 e. The van der Waals surface area contributed by atoms with Crippen molar-refractivity contribution in [1.29, 1.82) is 0 Å². The van der Waals surface area contributed by atoms with E-state index in [2.05, 4.69) is 29.9 Å². The first kappa shape index (κ1) is 53.1. The van der Waals surface area contributed by atoms with Crippen molar-refractivity contribution < 1.29 is 46.1 Å². The van der Waals surface area contributed by atoms with Crippen molar-refractivity contribution >= 4 is 69.5 Å². The van der Waals surface area contributed by atoms with Crippen LogP contribution in [0.4, 0.5) is 38.0 Å². The van der Waals surface area contributed by atoms with Crippen molar-refractivity contribution in [1.82, 2.24) is 28.9 Å². The van der Waals surface area contributed by atoms with E-state index in [1.165, 1.54) is 0 Å². The number of pyridine rings is 4. The molecule has 2 fully saturated rings. The molecule has 6 aromatic rings. The van der Waals surface area contributed by atoms with Crippen molar-refractivity contribution in [3.63, 3.8) is 0 Å². The quantitative estimate of drug-likeness (QED) is 0.0419. The maximum absolute atomic E-state index is 15.6. The summed E-state index contributed by atoms with van der Waals surface area (Å²) in [5.74, 6) is -9.35. The lowest BCUT2D eigenvalue weighted by Crippen LogP contribution is -2.52. The number of carboxylic acid groups (broad SMARTS) is 2. The van der Waals surface area contributed by atoms with Gasteiger partial charge in [0.25, 0.3) is 0 Å². The minimum Gasteiger partial charge on any atom is -0.477 e. The number of rotatable bonds is 13. The van der Waals surface area contributed by atoms with E-state index in [0.29, 0.717) is 38.1 Å². The Morgan fingerprint density at radius 2 is 0.895 bits per heavy atom. The predicted octanol–water partition coefficient (Wildman–Crippen LogP) is 3.08. The molecule has 28 heteroatoms. The summed E-state index contributed by atoms with van der Waals surface area (Å²) < 4.78 is 90.4. The van der Waals surface area contributed by atoms with Gasteiger partial charge in [0.1, 0.15) is 34.4 Å². The number of guanidine groups is 4. The van der Waals surface area contributed by atoms with Gasteiger partial charge in [-0.2, -0.15) is 9.98 Å². The van der Waals surface area contributed by atoms with Crippen molar-refractivity contribution in [2.45, 2.75) is 25.7 Å². The number of anilines is 2. The van der Waals surface area contributed by atoms with E-state index in [-0.39, 0.29) is 111 Å². The van der Waals surface area contributed by atoms with Crippen LogP contribution < -0.4 is 43.6 Å². The van der Waals surface area contributed by atoms with Crippen molar-refractivity contribution in [2.24, 2.45) is 42.9 Å². The second-order valence-electron chi connectivity index (χ2n) is 17.4. The molecule has 2 saturated heterocycles. The van der Waals surface area contributed by atoms with Crippen LogP contribution in [0, 0.1) is 34.9 Å². The standard InChI is InChI=1S/C48H48F6N16O6/c49-25-5-7-35(31(51)19-25)69-23-29(43(73)74)37(71)27-21-33(53)41(61-39(27)69)65-11-15-67(16-12-65)47(57)63-45(55)59-9-3-1-2-4-10-60-46(56)64-48(58)68-17-13-66(14-18-68)42-34(54)22-28-38(72)30(44(75)76)24-70(40(28)62-42)36-8-6-26(50)20-32(36)52/h5-8,19-24H,1-4,9-18H2,(H,73,74)(H,75,76)(H4,55,57,59,63)(H4,56,58,60,64). The summed E-state index contributed by atoms with van der Waals surface area (Å²) >= 11 is 0. The fraction of sp³-hybridized carbons (Fsp3) is 0.292. The molecule has 0 atom stereocenters. The molecule has 2 aromatic carbocycles. The Morgan fingerprint density at radius 1 is 0.526 bits per heavy atom. The van der Waals surface area contributed by atoms with Gasteiger partial charge in [0.15, 0.2) is 46.5 Å². The number of benzene rings is 2. The van der Waals surface area contributed by atoms with Gasteiger partial charge < -0.3 is 52.7 Å². The first-order valence-corrected chi connectivity index (χ1v) is 23.5. The number of aromatic carboxylic acids is 2. The summed E-state index contributed by atoms with van der Waals surface area (Å²) in [4.78, 5) is 81.9. The topological polar surface area (TPSA) is 311 Å². The Kier molecular flexibility index (Phi) is 15.7. The van der Waals surface area contributed by atoms with Gasteiger partial charge in [0.2, 0.25) is 22.8 Å². The fourth-order valence-corrected chi connectivity index (χ4v) is 8.60. The Hall–Kier alpha value is -9.24. The highest BCUT2D eigenvalue weighted by Crippen LogP contribution is 2.28. The molecule has 6 heterocycles. The largest absolute Gasteiger partial charge is 0.477 e. The molecule has 4 aromatic heterocycles. The second kappa shape index (κ2) is 22.5.